The van der Waals surface area contributed by atoms with Gasteiger partial charge >= 0.3 is 0 Å². The van der Waals surface area contributed by atoms with Crippen molar-refractivity contribution in [1.82, 2.24) is 4.98 Å². The van der Waals surface area contributed by atoms with Crippen molar-refractivity contribution in [1.29, 1.82) is 10.8 Å². The number of anilines is 1. The van der Waals surface area contributed by atoms with E-state index < -0.39 is 12.3 Å². The Hall–Kier alpha value is -3.51. The molecule has 0 aliphatic carbocycles. The molecule has 0 unspecified atom stereocenters. The largest absolute Gasteiger partial charge is 0.493 e. The lowest BCUT2D eigenvalue weighted by atomic mass is 9.97. The Labute approximate surface area is 247 Å². The maximum Gasteiger partial charge on any atom is 0.295 e. The number of thiazole rings is 1. The number of fused-ring (bicyclic) bond motifs is 1. The summed E-state index contributed by atoms with van der Waals surface area (Å²) in [6.45, 7) is 6.01. The fraction of sp³-hybridized carbons (Fsp3) is 0.379. The van der Waals surface area contributed by atoms with Crippen LogP contribution in [0.1, 0.15) is 52.1 Å². The molecule has 1 aliphatic rings. The molecule has 1 aromatic heterocycles. The Morgan fingerprint density at radius 2 is 1.93 bits per heavy atom. The van der Waals surface area contributed by atoms with Crippen LogP contribution >= 0.6 is 23.1 Å². The first-order chi connectivity index (χ1) is 19.7. The molecule has 3 aromatic rings. The minimum atomic E-state index is -2.97. The predicted octanol–water partition coefficient (Wildman–Crippen LogP) is 7.23. The van der Waals surface area contributed by atoms with Gasteiger partial charge in [0, 0.05) is 16.6 Å². The zero-order valence-corrected chi connectivity index (χ0v) is 25.4. The lowest BCUT2D eigenvalue weighted by Crippen LogP contribution is -2.40. The van der Waals surface area contributed by atoms with Crippen molar-refractivity contribution in [3.05, 3.63) is 69.2 Å². The summed E-state index contributed by atoms with van der Waals surface area (Å²) in [6.07, 6.45) is 2.20. The van der Waals surface area contributed by atoms with E-state index in [0.29, 0.717) is 17.2 Å². The van der Waals surface area contributed by atoms with E-state index >= 15 is 0 Å². The fourth-order valence-corrected chi connectivity index (χ4v) is 6.30. The van der Waals surface area contributed by atoms with Crippen LogP contribution in [-0.4, -0.2) is 54.6 Å². The van der Waals surface area contributed by atoms with Crippen LogP contribution in [0.4, 0.5) is 14.5 Å². The topological polar surface area (TPSA) is 120 Å². The SMILES string of the molecule is CCCc1cnc(C)s1.CCc1ccc2c(c1)[C@@H](c1cccc(OC)c1OC)SCC(=N)N2C(=N)C(F)F.O=CO. The third-order valence-electron chi connectivity index (χ3n) is 6.01. The van der Waals surface area contributed by atoms with Crippen molar-refractivity contribution >= 4 is 46.9 Å². The van der Waals surface area contributed by atoms with Gasteiger partial charge in [-0.25, -0.2) is 13.8 Å². The number of alkyl halides is 2. The van der Waals surface area contributed by atoms with Crippen molar-refractivity contribution in [3.63, 3.8) is 0 Å². The molecule has 12 heteroatoms. The van der Waals surface area contributed by atoms with Crippen LogP contribution in [0.15, 0.2) is 42.6 Å². The number of para-hydroxylation sites is 1. The minimum absolute atomic E-state index is 0.0461. The number of methoxy groups -OCH3 is 2. The molecule has 0 fully saturated rings. The smallest absolute Gasteiger partial charge is 0.295 e. The highest BCUT2D eigenvalue weighted by atomic mass is 32.2. The molecule has 41 heavy (non-hydrogen) atoms. The second kappa shape index (κ2) is 16.7. The zero-order chi connectivity index (χ0) is 30.5. The van der Waals surface area contributed by atoms with Gasteiger partial charge in [0.05, 0.1) is 35.9 Å². The lowest BCUT2D eigenvalue weighted by Gasteiger charge is -2.26. The first-order valence-electron chi connectivity index (χ1n) is 12.9. The molecule has 1 aliphatic heterocycles. The van der Waals surface area contributed by atoms with Gasteiger partial charge in [-0.2, -0.15) is 0 Å². The number of benzene rings is 2. The highest BCUT2D eigenvalue weighted by Crippen LogP contribution is 2.48. The van der Waals surface area contributed by atoms with E-state index in [4.69, 9.17) is 30.2 Å². The maximum atomic E-state index is 13.4. The van der Waals surface area contributed by atoms with Gasteiger partial charge in [0.15, 0.2) is 17.3 Å². The third-order valence-corrected chi connectivity index (χ3v) is 8.26. The van der Waals surface area contributed by atoms with Crippen molar-refractivity contribution in [2.24, 2.45) is 0 Å². The second-order valence-electron chi connectivity index (χ2n) is 8.69. The van der Waals surface area contributed by atoms with Gasteiger partial charge in [-0.3, -0.25) is 20.5 Å². The number of rotatable bonds is 7. The fourth-order valence-electron chi connectivity index (χ4n) is 4.22. The molecule has 0 saturated heterocycles. The summed E-state index contributed by atoms with van der Waals surface area (Å²) >= 11 is 3.25. The number of hydrogen-bond acceptors (Lipinski definition) is 8. The second-order valence-corrected chi connectivity index (χ2v) is 11.1. The van der Waals surface area contributed by atoms with E-state index in [-0.39, 0.29) is 23.3 Å². The number of nitrogens with one attached hydrogen (secondary N) is 2. The Bertz CT molecular complexity index is 1320. The molecule has 0 bridgehead atoms. The Balaban J connectivity index is 0.000000408. The van der Waals surface area contributed by atoms with E-state index in [2.05, 4.69) is 11.9 Å². The Morgan fingerprint density at radius 1 is 1.22 bits per heavy atom. The molecule has 0 spiro atoms. The van der Waals surface area contributed by atoms with Gasteiger partial charge in [-0.15, -0.1) is 23.1 Å². The molecule has 0 saturated carbocycles. The molecule has 3 N–H and O–H groups in total. The molecule has 2 aromatic carbocycles. The van der Waals surface area contributed by atoms with Crippen molar-refractivity contribution < 1.29 is 28.2 Å². The van der Waals surface area contributed by atoms with Gasteiger partial charge in [-0.1, -0.05) is 44.5 Å². The lowest BCUT2D eigenvalue weighted by molar-refractivity contribution is -0.122. The van der Waals surface area contributed by atoms with Crippen LogP contribution in [0.25, 0.3) is 0 Å². The number of aromatic nitrogens is 1. The Kier molecular flexibility index (Phi) is 13.7. The van der Waals surface area contributed by atoms with Gasteiger partial charge in [0.2, 0.25) is 0 Å². The van der Waals surface area contributed by atoms with Crippen molar-refractivity contribution in [2.75, 3.05) is 24.9 Å². The van der Waals surface area contributed by atoms with E-state index in [1.54, 1.807) is 37.7 Å². The van der Waals surface area contributed by atoms with Crippen LogP contribution < -0.4 is 14.4 Å². The van der Waals surface area contributed by atoms with Crippen LogP contribution in [0, 0.1) is 17.7 Å². The number of ether oxygens (including phenoxy) is 2. The number of amidine groups is 2. The summed E-state index contributed by atoms with van der Waals surface area (Å²) < 4.78 is 37.8. The number of thioether (sulfide) groups is 1. The van der Waals surface area contributed by atoms with Crippen molar-refractivity contribution in [3.8, 4) is 11.5 Å². The van der Waals surface area contributed by atoms with Crippen LogP contribution in [0.2, 0.25) is 0 Å². The van der Waals surface area contributed by atoms with E-state index in [9.17, 15) is 8.78 Å². The average Bonchev–Trinajstić information content (AvgIpc) is 3.32. The minimum Gasteiger partial charge on any atom is -0.493 e. The van der Waals surface area contributed by atoms with Gasteiger partial charge < -0.3 is 14.6 Å². The van der Waals surface area contributed by atoms with Crippen LogP contribution in [0.5, 0.6) is 11.5 Å². The monoisotopic (exact) mass is 606 g/mol. The van der Waals surface area contributed by atoms with E-state index in [0.717, 1.165) is 28.0 Å². The molecular formula is C29H36F2N4O4S2. The van der Waals surface area contributed by atoms with E-state index in [1.165, 1.54) is 34.5 Å². The summed E-state index contributed by atoms with van der Waals surface area (Å²) in [6, 6.07) is 11.1. The third kappa shape index (κ3) is 8.74. The Morgan fingerprint density at radius 3 is 2.46 bits per heavy atom. The average molecular weight is 607 g/mol. The first kappa shape index (κ1) is 33.7. The van der Waals surface area contributed by atoms with E-state index in [1.807, 2.05) is 44.3 Å². The maximum absolute atomic E-state index is 13.4. The molecule has 2 heterocycles. The normalized spacial score (nSPS) is 14.1. The summed E-state index contributed by atoms with van der Waals surface area (Å²) in [4.78, 5) is 15.0. The number of hydrogen-bond donors (Lipinski definition) is 3. The first-order valence-corrected chi connectivity index (χ1v) is 14.7. The standard InChI is InChI=1S/C21H23F2N3O2S.C7H11NS.CH2O2/c1-4-12-8-9-15-14(10-12)19(13-6-5-7-16(27-2)18(13)28-3)29-11-17(24)26(15)21(25)20(22)23;1-3-4-7-5-8-6(2)9-7;2-1-3/h5-10,19-20,24-25H,4,11H2,1-3H3;5H,3-4H2,1-2H3;1H,(H,2,3)/t19-;;/m1../s1. The molecule has 1 atom stereocenters. The number of carbonyl (C=O) groups is 1. The molecule has 0 amide bonds. The molecule has 222 valence electrons. The summed E-state index contributed by atoms with van der Waals surface area (Å²) in [5.41, 5.74) is 3.09. The quantitative estimate of drug-likeness (QED) is 0.147. The van der Waals surface area contributed by atoms with Crippen LogP contribution in [0.3, 0.4) is 0 Å². The highest BCUT2D eigenvalue weighted by Gasteiger charge is 2.34. The van der Waals surface area contributed by atoms with Gasteiger partial charge in [0.25, 0.3) is 12.9 Å². The van der Waals surface area contributed by atoms with Crippen LogP contribution in [-0.2, 0) is 17.6 Å². The molecule has 0 radical (unpaired) electrons. The number of halogens is 2. The molecular weight excluding hydrogens is 570 g/mol. The van der Waals surface area contributed by atoms with Crippen molar-refractivity contribution in [2.45, 2.75) is 51.7 Å². The number of nitrogens with zero attached hydrogens (tertiary/aromatic N) is 2. The zero-order valence-electron chi connectivity index (χ0n) is 23.7. The van der Waals surface area contributed by atoms with Gasteiger partial charge in [0.1, 0.15) is 5.84 Å². The molecule has 8 nitrogen and oxygen atoms in total. The number of aryl methyl sites for hydroxylation is 3. The molecule has 4 rings (SSSR count). The summed E-state index contributed by atoms with van der Waals surface area (Å²) in [7, 11) is 3.12. The number of carboxylic acid groups (broad SMARTS) is 1. The highest BCUT2D eigenvalue weighted by molar-refractivity contribution is 8.00. The van der Waals surface area contributed by atoms with Gasteiger partial charge in [-0.05, 0) is 43.0 Å². The summed E-state index contributed by atoms with van der Waals surface area (Å²) in [5, 5.41) is 24.0. The predicted molar refractivity (Wildman–Crippen MR) is 163 cm³/mol. The summed E-state index contributed by atoms with van der Waals surface area (Å²) in [5.74, 6) is 0.394.